The lowest BCUT2D eigenvalue weighted by Crippen LogP contribution is -2.12. The van der Waals surface area contributed by atoms with Crippen molar-refractivity contribution in [3.63, 3.8) is 0 Å². The number of hydrogen-bond donors (Lipinski definition) is 2. The molecule has 6 nitrogen and oxygen atoms in total. The van der Waals surface area contributed by atoms with Gasteiger partial charge in [0.1, 0.15) is 0 Å². The standard InChI is InChI=1S/C14H8Cl3N5O/c15-8-2-3-9(13-19-21-22-20-13)12(6-8)18-14(23)7-1-4-10(16)11(17)5-7/h1-6H,(H,18,23)(H,19,20,21,22). The summed E-state index contributed by atoms with van der Waals surface area (Å²) < 4.78 is 0. The van der Waals surface area contributed by atoms with Crippen LogP contribution in [0.25, 0.3) is 11.4 Å². The summed E-state index contributed by atoms with van der Waals surface area (Å²) in [5.41, 5.74) is 1.43. The smallest absolute Gasteiger partial charge is 0.255 e. The van der Waals surface area contributed by atoms with Gasteiger partial charge >= 0.3 is 0 Å². The molecular formula is C14H8Cl3N5O. The number of carbonyl (C=O) groups excluding carboxylic acids is 1. The molecule has 0 atom stereocenters. The van der Waals surface area contributed by atoms with E-state index in [1.807, 2.05) is 0 Å². The number of nitrogens with one attached hydrogen (secondary N) is 2. The number of nitrogens with zero attached hydrogens (tertiary/aromatic N) is 3. The molecule has 3 aromatic rings. The van der Waals surface area contributed by atoms with Gasteiger partial charge in [-0.3, -0.25) is 4.79 Å². The third kappa shape index (κ3) is 3.44. The monoisotopic (exact) mass is 367 g/mol. The van der Waals surface area contributed by atoms with Gasteiger partial charge in [-0.1, -0.05) is 34.8 Å². The fourth-order valence-corrected chi connectivity index (χ4v) is 2.40. The summed E-state index contributed by atoms with van der Waals surface area (Å²) in [5, 5.41) is 17.4. The highest BCUT2D eigenvalue weighted by Gasteiger charge is 2.14. The van der Waals surface area contributed by atoms with Crippen LogP contribution < -0.4 is 5.32 Å². The Kier molecular flexibility index (Phi) is 4.47. The minimum Gasteiger partial charge on any atom is -0.321 e. The van der Waals surface area contributed by atoms with E-state index in [1.54, 1.807) is 30.3 Å². The molecule has 0 bridgehead atoms. The number of aromatic nitrogens is 4. The number of hydrogen-bond acceptors (Lipinski definition) is 4. The highest BCUT2D eigenvalue weighted by Crippen LogP contribution is 2.29. The average Bonchev–Trinajstić information content (AvgIpc) is 3.04. The summed E-state index contributed by atoms with van der Waals surface area (Å²) in [6, 6.07) is 9.60. The van der Waals surface area contributed by atoms with E-state index in [-0.39, 0.29) is 5.91 Å². The number of halogens is 3. The van der Waals surface area contributed by atoms with Crippen molar-refractivity contribution in [1.82, 2.24) is 20.6 Å². The largest absolute Gasteiger partial charge is 0.321 e. The predicted octanol–water partition coefficient (Wildman–Crippen LogP) is 4.08. The van der Waals surface area contributed by atoms with E-state index in [2.05, 4.69) is 25.9 Å². The Morgan fingerprint density at radius 2 is 1.87 bits per heavy atom. The molecule has 0 aliphatic rings. The third-order valence-corrected chi connectivity index (χ3v) is 3.99. The second-order valence-corrected chi connectivity index (χ2v) is 5.77. The van der Waals surface area contributed by atoms with Crippen LogP contribution in [0.5, 0.6) is 0 Å². The number of amides is 1. The molecule has 0 fully saturated rings. The first-order valence-corrected chi connectivity index (χ1v) is 7.48. The zero-order valence-electron chi connectivity index (χ0n) is 11.3. The molecule has 0 saturated carbocycles. The fraction of sp³-hybridized carbons (Fsp3) is 0. The first-order valence-electron chi connectivity index (χ1n) is 6.34. The molecule has 0 saturated heterocycles. The highest BCUT2D eigenvalue weighted by atomic mass is 35.5. The molecule has 0 aliphatic heterocycles. The number of rotatable bonds is 3. The molecule has 116 valence electrons. The molecule has 1 amide bonds. The highest BCUT2D eigenvalue weighted by molar-refractivity contribution is 6.42. The molecule has 1 heterocycles. The molecule has 2 N–H and O–H groups in total. The summed E-state index contributed by atoms with van der Waals surface area (Å²) >= 11 is 17.8. The van der Waals surface area contributed by atoms with Crippen LogP contribution >= 0.6 is 34.8 Å². The lowest BCUT2D eigenvalue weighted by Gasteiger charge is -2.10. The zero-order valence-corrected chi connectivity index (χ0v) is 13.6. The van der Waals surface area contributed by atoms with Gasteiger partial charge in [-0.2, -0.15) is 0 Å². The SMILES string of the molecule is O=C(Nc1cc(Cl)ccc1-c1nnn[nH]1)c1ccc(Cl)c(Cl)c1. The normalized spacial score (nSPS) is 10.6. The first-order chi connectivity index (χ1) is 11.0. The molecule has 0 radical (unpaired) electrons. The summed E-state index contributed by atoms with van der Waals surface area (Å²) in [5.74, 6) is 0.0469. The van der Waals surface area contributed by atoms with Crippen LogP contribution in [0.3, 0.4) is 0 Å². The van der Waals surface area contributed by atoms with Gasteiger partial charge in [0.15, 0.2) is 5.82 Å². The number of benzene rings is 2. The van der Waals surface area contributed by atoms with E-state index in [4.69, 9.17) is 34.8 Å². The molecule has 3 rings (SSSR count). The van der Waals surface area contributed by atoms with E-state index in [9.17, 15) is 4.79 Å². The van der Waals surface area contributed by atoms with Crippen LogP contribution in [0.2, 0.25) is 15.1 Å². The van der Waals surface area contributed by atoms with Crippen molar-refractivity contribution < 1.29 is 4.79 Å². The Balaban J connectivity index is 1.94. The minimum atomic E-state index is -0.362. The van der Waals surface area contributed by atoms with Crippen LogP contribution in [-0.4, -0.2) is 26.5 Å². The van der Waals surface area contributed by atoms with E-state index < -0.39 is 0 Å². The third-order valence-electron chi connectivity index (χ3n) is 3.01. The average molecular weight is 369 g/mol. The molecule has 0 spiro atoms. The van der Waals surface area contributed by atoms with Gasteiger partial charge in [0, 0.05) is 16.1 Å². The van der Waals surface area contributed by atoms with Gasteiger partial charge in [-0.25, -0.2) is 5.10 Å². The Hall–Kier alpha value is -2.15. The first kappa shape index (κ1) is 15.7. The quantitative estimate of drug-likeness (QED) is 0.729. The molecule has 0 aliphatic carbocycles. The Morgan fingerprint density at radius 3 is 2.57 bits per heavy atom. The van der Waals surface area contributed by atoms with Crippen molar-refractivity contribution in [3.8, 4) is 11.4 Å². The Labute approximate surface area is 145 Å². The number of anilines is 1. The molecule has 2 aromatic carbocycles. The van der Waals surface area contributed by atoms with Crippen LogP contribution in [0.15, 0.2) is 36.4 Å². The molecule has 1 aromatic heterocycles. The topological polar surface area (TPSA) is 83.6 Å². The van der Waals surface area contributed by atoms with Crippen molar-refractivity contribution in [2.45, 2.75) is 0 Å². The predicted molar refractivity (Wildman–Crippen MR) is 89.0 cm³/mol. The van der Waals surface area contributed by atoms with Gasteiger partial charge in [-0.15, -0.1) is 5.10 Å². The zero-order chi connectivity index (χ0) is 16.4. The van der Waals surface area contributed by atoms with Gasteiger partial charge in [0.2, 0.25) is 0 Å². The van der Waals surface area contributed by atoms with Crippen molar-refractivity contribution in [2.24, 2.45) is 0 Å². The molecular weight excluding hydrogens is 361 g/mol. The van der Waals surface area contributed by atoms with Crippen molar-refractivity contribution >= 4 is 46.4 Å². The molecule has 23 heavy (non-hydrogen) atoms. The maximum absolute atomic E-state index is 12.4. The number of aromatic amines is 1. The Morgan fingerprint density at radius 1 is 1.04 bits per heavy atom. The Bertz CT molecular complexity index is 867. The van der Waals surface area contributed by atoms with E-state index in [0.29, 0.717) is 37.7 Å². The number of carbonyl (C=O) groups is 1. The van der Waals surface area contributed by atoms with Crippen molar-refractivity contribution in [1.29, 1.82) is 0 Å². The molecule has 9 heteroatoms. The minimum absolute atomic E-state index is 0.296. The summed E-state index contributed by atoms with van der Waals surface area (Å²) in [6.45, 7) is 0. The maximum Gasteiger partial charge on any atom is 0.255 e. The van der Waals surface area contributed by atoms with E-state index in [1.165, 1.54) is 6.07 Å². The molecule has 0 unspecified atom stereocenters. The van der Waals surface area contributed by atoms with Gasteiger partial charge in [0.25, 0.3) is 5.91 Å². The lowest BCUT2D eigenvalue weighted by atomic mass is 10.1. The van der Waals surface area contributed by atoms with Crippen LogP contribution in [0.1, 0.15) is 10.4 Å². The van der Waals surface area contributed by atoms with Crippen molar-refractivity contribution in [3.05, 3.63) is 57.0 Å². The second-order valence-electron chi connectivity index (χ2n) is 4.52. The lowest BCUT2D eigenvalue weighted by molar-refractivity contribution is 0.102. The number of H-pyrrole nitrogens is 1. The van der Waals surface area contributed by atoms with E-state index >= 15 is 0 Å². The van der Waals surface area contributed by atoms with Crippen LogP contribution in [0, 0.1) is 0 Å². The van der Waals surface area contributed by atoms with Crippen molar-refractivity contribution in [2.75, 3.05) is 5.32 Å². The second kappa shape index (κ2) is 6.54. The van der Waals surface area contributed by atoms with Crippen LogP contribution in [0.4, 0.5) is 5.69 Å². The van der Waals surface area contributed by atoms with Gasteiger partial charge in [-0.05, 0) is 46.8 Å². The summed E-state index contributed by atoms with van der Waals surface area (Å²) in [6.07, 6.45) is 0. The summed E-state index contributed by atoms with van der Waals surface area (Å²) in [7, 11) is 0. The maximum atomic E-state index is 12.4. The number of tetrazole rings is 1. The van der Waals surface area contributed by atoms with Crippen LogP contribution in [-0.2, 0) is 0 Å². The summed E-state index contributed by atoms with van der Waals surface area (Å²) in [4.78, 5) is 12.4. The van der Waals surface area contributed by atoms with E-state index in [0.717, 1.165) is 0 Å². The van der Waals surface area contributed by atoms with Gasteiger partial charge < -0.3 is 5.32 Å². The fourth-order valence-electron chi connectivity index (χ4n) is 1.93. The van der Waals surface area contributed by atoms with Gasteiger partial charge in [0.05, 0.1) is 15.7 Å².